The van der Waals surface area contributed by atoms with Crippen molar-refractivity contribution in [2.75, 3.05) is 23.0 Å². The summed E-state index contributed by atoms with van der Waals surface area (Å²) >= 11 is 0. The Hall–Kier alpha value is -2.54. The molecule has 0 saturated heterocycles. The molecular weight excluding hydrogens is 352 g/mol. The lowest BCUT2D eigenvalue weighted by Crippen LogP contribution is -2.45. The molecule has 6 nitrogen and oxygen atoms in total. The van der Waals surface area contributed by atoms with Gasteiger partial charge in [0.15, 0.2) is 0 Å². The van der Waals surface area contributed by atoms with Gasteiger partial charge in [-0.15, -0.1) is 0 Å². The number of ether oxygens (including phenoxy) is 1. The molecular formula is C19H24N2O4S. The van der Waals surface area contributed by atoms with E-state index in [9.17, 15) is 13.2 Å². The Kier molecular flexibility index (Phi) is 5.92. The van der Waals surface area contributed by atoms with E-state index in [1.807, 2.05) is 19.9 Å². The van der Waals surface area contributed by atoms with E-state index in [4.69, 9.17) is 4.74 Å². The van der Waals surface area contributed by atoms with Crippen molar-refractivity contribution in [3.8, 4) is 5.75 Å². The van der Waals surface area contributed by atoms with Crippen LogP contribution in [0.3, 0.4) is 0 Å². The highest BCUT2D eigenvalue weighted by Gasteiger charge is 2.29. The number of hydrogen-bond donors (Lipinski definition) is 1. The monoisotopic (exact) mass is 376 g/mol. The molecule has 0 saturated carbocycles. The molecule has 0 radical (unpaired) electrons. The summed E-state index contributed by atoms with van der Waals surface area (Å²) in [5.41, 5.74) is 3.01. The highest BCUT2D eigenvalue weighted by molar-refractivity contribution is 7.92. The summed E-state index contributed by atoms with van der Waals surface area (Å²) in [4.78, 5) is 12.7. The number of hydrogen-bond acceptors (Lipinski definition) is 4. The number of carbonyl (C=O) groups is 1. The largest absolute Gasteiger partial charge is 0.497 e. The summed E-state index contributed by atoms with van der Waals surface area (Å²) in [5.74, 6) is 0.173. The second-order valence-corrected chi connectivity index (χ2v) is 8.08. The molecule has 0 aliphatic rings. The van der Waals surface area contributed by atoms with Gasteiger partial charge in [-0.1, -0.05) is 12.1 Å². The van der Waals surface area contributed by atoms with Crippen molar-refractivity contribution in [3.05, 3.63) is 53.6 Å². The van der Waals surface area contributed by atoms with Gasteiger partial charge in [0.05, 0.1) is 19.1 Å². The molecule has 2 aromatic rings. The number of carbonyl (C=O) groups excluding carboxylic acids is 1. The van der Waals surface area contributed by atoms with E-state index < -0.39 is 22.0 Å². The van der Waals surface area contributed by atoms with E-state index in [0.29, 0.717) is 17.1 Å². The summed E-state index contributed by atoms with van der Waals surface area (Å²) in [7, 11) is -2.11. The summed E-state index contributed by atoms with van der Waals surface area (Å²) < 4.78 is 31.0. The van der Waals surface area contributed by atoms with Gasteiger partial charge >= 0.3 is 0 Å². The van der Waals surface area contributed by atoms with Gasteiger partial charge in [-0.25, -0.2) is 8.42 Å². The van der Waals surface area contributed by atoms with Gasteiger partial charge in [0.2, 0.25) is 15.9 Å². The number of methoxy groups -OCH3 is 1. The maximum Gasteiger partial charge on any atom is 0.247 e. The van der Waals surface area contributed by atoms with Gasteiger partial charge in [-0.2, -0.15) is 0 Å². The molecule has 1 atom stereocenters. The Labute approximate surface area is 154 Å². The second-order valence-electron chi connectivity index (χ2n) is 6.22. The van der Waals surface area contributed by atoms with Gasteiger partial charge in [-0.05, 0) is 56.2 Å². The van der Waals surface area contributed by atoms with E-state index in [-0.39, 0.29) is 0 Å². The van der Waals surface area contributed by atoms with E-state index in [1.165, 1.54) is 7.11 Å². The molecule has 0 aliphatic carbocycles. The van der Waals surface area contributed by atoms with Gasteiger partial charge in [-0.3, -0.25) is 9.10 Å². The third-order valence-electron chi connectivity index (χ3n) is 4.17. The van der Waals surface area contributed by atoms with E-state index in [1.54, 1.807) is 43.3 Å². The van der Waals surface area contributed by atoms with Gasteiger partial charge < -0.3 is 10.1 Å². The zero-order chi connectivity index (χ0) is 19.5. The maximum absolute atomic E-state index is 12.7. The first-order valence-electron chi connectivity index (χ1n) is 8.15. The van der Waals surface area contributed by atoms with Crippen molar-refractivity contribution < 1.29 is 17.9 Å². The molecule has 0 spiro atoms. The van der Waals surface area contributed by atoms with Crippen LogP contribution in [-0.2, 0) is 14.8 Å². The molecule has 0 heterocycles. The molecule has 26 heavy (non-hydrogen) atoms. The zero-order valence-electron chi connectivity index (χ0n) is 15.6. The fourth-order valence-corrected chi connectivity index (χ4v) is 3.79. The Morgan fingerprint density at radius 3 is 2.38 bits per heavy atom. The van der Waals surface area contributed by atoms with Crippen LogP contribution in [0.25, 0.3) is 0 Å². The number of rotatable bonds is 6. The van der Waals surface area contributed by atoms with Crippen LogP contribution in [0.5, 0.6) is 5.75 Å². The van der Waals surface area contributed by atoms with E-state index in [2.05, 4.69) is 5.32 Å². The van der Waals surface area contributed by atoms with Crippen LogP contribution >= 0.6 is 0 Å². The number of benzene rings is 2. The lowest BCUT2D eigenvalue weighted by molar-refractivity contribution is -0.116. The molecule has 2 aromatic carbocycles. The molecule has 0 fully saturated rings. The molecule has 0 bridgehead atoms. The number of amides is 1. The lowest BCUT2D eigenvalue weighted by atomic mass is 10.1. The number of sulfonamides is 1. The summed E-state index contributed by atoms with van der Waals surface area (Å²) in [5, 5.41) is 2.74. The van der Waals surface area contributed by atoms with Crippen LogP contribution in [-0.4, -0.2) is 33.7 Å². The predicted octanol–water partition coefficient (Wildman–Crippen LogP) is 3.11. The minimum absolute atomic E-state index is 0.429. The first kappa shape index (κ1) is 19.8. The van der Waals surface area contributed by atoms with Crippen LogP contribution in [0.2, 0.25) is 0 Å². The fourth-order valence-electron chi connectivity index (χ4n) is 2.62. The van der Waals surface area contributed by atoms with Crippen LogP contribution in [0.15, 0.2) is 42.5 Å². The van der Waals surface area contributed by atoms with Gasteiger partial charge in [0.25, 0.3) is 0 Å². The van der Waals surface area contributed by atoms with Crippen molar-refractivity contribution in [1.82, 2.24) is 0 Å². The number of anilines is 2. The minimum Gasteiger partial charge on any atom is -0.497 e. The van der Waals surface area contributed by atoms with Crippen LogP contribution < -0.4 is 14.4 Å². The Morgan fingerprint density at radius 1 is 1.12 bits per heavy atom. The fraction of sp³-hybridized carbons (Fsp3) is 0.316. The molecule has 1 amide bonds. The molecule has 0 aromatic heterocycles. The Bertz CT molecular complexity index is 910. The number of aryl methyl sites for hydroxylation is 2. The maximum atomic E-state index is 12.7. The quantitative estimate of drug-likeness (QED) is 0.840. The molecule has 1 N–H and O–H groups in total. The van der Waals surface area contributed by atoms with Crippen molar-refractivity contribution in [2.45, 2.75) is 26.8 Å². The number of nitrogens with zero attached hydrogens (tertiary/aromatic N) is 1. The van der Waals surface area contributed by atoms with Crippen LogP contribution in [0, 0.1) is 13.8 Å². The van der Waals surface area contributed by atoms with Gasteiger partial charge in [0.1, 0.15) is 11.8 Å². The highest BCUT2D eigenvalue weighted by Crippen LogP contribution is 2.25. The molecule has 0 unspecified atom stereocenters. The van der Waals surface area contributed by atoms with Gasteiger partial charge in [0, 0.05) is 11.8 Å². The van der Waals surface area contributed by atoms with Crippen molar-refractivity contribution in [2.24, 2.45) is 0 Å². The third kappa shape index (κ3) is 4.54. The molecule has 7 heteroatoms. The third-order valence-corrected chi connectivity index (χ3v) is 5.41. The second kappa shape index (κ2) is 7.78. The Morgan fingerprint density at radius 2 is 1.81 bits per heavy atom. The standard InChI is InChI=1S/C19H24N2O4S/c1-13-9-10-17(11-14(13)2)21(26(5,23)24)15(3)19(22)20-16-7-6-8-18(12-16)25-4/h6-12,15H,1-5H3,(H,20,22)/t15-/m0/s1. The first-order chi connectivity index (χ1) is 12.1. The van der Waals surface area contributed by atoms with Crippen molar-refractivity contribution in [1.29, 1.82) is 0 Å². The average Bonchev–Trinajstić information content (AvgIpc) is 2.57. The first-order valence-corrected chi connectivity index (χ1v) is 10.00. The molecule has 2 rings (SSSR count). The van der Waals surface area contributed by atoms with E-state index >= 15 is 0 Å². The Balaban J connectivity index is 2.32. The number of nitrogens with one attached hydrogen (secondary N) is 1. The SMILES string of the molecule is COc1cccc(NC(=O)[C@H](C)N(c2ccc(C)c(C)c2)S(C)(=O)=O)c1. The van der Waals surface area contributed by atoms with Crippen LogP contribution in [0.1, 0.15) is 18.1 Å². The predicted molar refractivity (Wildman–Crippen MR) is 104 cm³/mol. The van der Waals surface area contributed by atoms with Crippen molar-refractivity contribution >= 4 is 27.3 Å². The lowest BCUT2D eigenvalue weighted by Gasteiger charge is -2.28. The molecule has 0 aliphatic heterocycles. The summed E-state index contributed by atoms with van der Waals surface area (Å²) in [6.07, 6.45) is 1.09. The zero-order valence-corrected chi connectivity index (χ0v) is 16.4. The summed E-state index contributed by atoms with van der Waals surface area (Å²) in [6.45, 7) is 5.41. The average molecular weight is 376 g/mol. The highest BCUT2D eigenvalue weighted by atomic mass is 32.2. The van der Waals surface area contributed by atoms with Crippen LogP contribution in [0.4, 0.5) is 11.4 Å². The topological polar surface area (TPSA) is 75.7 Å². The van der Waals surface area contributed by atoms with Crippen molar-refractivity contribution in [3.63, 3.8) is 0 Å². The smallest absolute Gasteiger partial charge is 0.247 e. The van der Waals surface area contributed by atoms with E-state index in [0.717, 1.165) is 21.7 Å². The minimum atomic E-state index is -3.65. The molecule has 140 valence electrons. The summed E-state index contributed by atoms with van der Waals surface area (Å²) in [6, 6.07) is 11.3. The normalized spacial score (nSPS) is 12.3.